The molecule has 0 bridgehead atoms. The van der Waals surface area contributed by atoms with Crippen molar-refractivity contribution >= 4 is 23.2 Å². The molecular formula is C96H122ClF3N6O25. The van der Waals surface area contributed by atoms with Crippen molar-refractivity contribution in [2.24, 2.45) is 0 Å². The number of halogens is 4. The molecule has 0 amide bonds. The zero-order chi connectivity index (χ0) is 94.0. The molecule has 0 unspecified atom stereocenters. The van der Waals surface area contributed by atoms with Crippen molar-refractivity contribution in [2.45, 2.75) is 226 Å². The van der Waals surface area contributed by atoms with Gasteiger partial charge in [0.1, 0.15) is 79.9 Å². The number of aliphatic hydroxyl groups excluding tert-OH is 7. The Balaban J connectivity index is 0.000000252. The lowest BCUT2D eigenvalue weighted by atomic mass is 9.97. The molecule has 13 rings (SSSR count). The fourth-order valence-electron chi connectivity index (χ4n) is 14.8. The average molecular weight is 1850 g/mol. The molecule has 3 aliphatic heterocycles. The number of aromatic nitrogens is 6. The first-order valence-corrected chi connectivity index (χ1v) is 42.6. The monoisotopic (exact) mass is 1850 g/mol. The molecule has 714 valence electrons. The van der Waals surface area contributed by atoms with E-state index >= 15 is 0 Å². The van der Waals surface area contributed by atoms with E-state index in [4.69, 9.17) is 71.4 Å². The predicted octanol–water partition coefficient (Wildman–Crippen LogP) is 13.6. The highest BCUT2D eigenvalue weighted by molar-refractivity contribution is 6.61. The molecule has 15 atom stereocenters. The van der Waals surface area contributed by atoms with Gasteiger partial charge >= 0.3 is 11.6 Å². The SMILES string of the molecule is C.COC(=O)Cl.COC(=O)OC[C@H]1O[C@@H](Oc2nn(C(C)C)c(C)c2Cc2ccc(OC)c(F)c2)[C@H](O)[C@@H](O)[C@@H]1O.COc1ccc(Cc2c(O[C@@H]3O[C@H](CO)[C@@H](O)[C@H](O)[C@H]3O)nn(C(C)C)c2C)cc1F.COc1ccc(Cc2c(O[C@@H]3O[C@H](COCc4ccccc4)[C@@H](OCc4ccccc4)[C@H](OCc4ccccc4)[C@H]3OCc3ccccc3)nn(C(C)C)c2C)cc1F.[HH]. The number of hydrogen-bond donors (Lipinski definition) is 7. The lowest BCUT2D eigenvalue weighted by Gasteiger charge is -2.45. The molecule has 7 aromatic carbocycles. The Morgan fingerprint density at radius 1 is 0.412 bits per heavy atom. The van der Waals surface area contributed by atoms with Crippen molar-refractivity contribution in [2.75, 3.05) is 55.4 Å². The zero-order valence-corrected chi connectivity index (χ0v) is 75.6. The molecule has 0 radical (unpaired) electrons. The molecule has 0 saturated carbocycles. The van der Waals surface area contributed by atoms with Crippen LogP contribution in [0.2, 0.25) is 0 Å². The number of ether oxygens (including phenoxy) is 16. The van der Waals surface area contributed by atoms with Crippen LogP contribution < -0.4 is 28.4 Å². The van der Waals surface area contributed by atoms with Crippen LogP contribution in [0, 0.1) is 38.2 Å². The van der Waals surface area contributed by atoms with Crippen LogP contribution in [0.5, 0.6) is 34.9 Å². The quantitative estimate of drug-likeness (QED) is 0.0145. The molecule has 31 nitrogen and oxygen atoms in total. The highest BCUT2D eigenvalue weighted by atomic mass is 35.5. The van der Waals surface area contributed by atoms with E-state index in [1.165, 1.54) is 58.8 Å². The first-order chi connectivity index (χ1) is 62.4. The van der Waals surface area contributed by atoms with Gasteiger partial charge in [-0.15, -0.1) is 15.3 Å². The Hall–Kier alpha value is -10.8. The highest BCUT2D eigenvalue weighted by Gasteiger charge is 2.52. The van der Waals surface area contributed by atoms with E-state index in [-0.39, 0.29) is 82.0 Å². The second kappa shape index (κ2) is 50.2. The van der Waals surface area contributed by atoms with Crippen LogP contribution in [0.1, 0.15) is 141 Å². The van der Waals surface area contributed by atoms with Crippen molar-refractivity contribution in [3.05, 3.63) is 266 Å². The summed E-state index contributed by atoms with van der Waals surface area (Å²) in [6.45, 7) is 17.9. The third kappa shape index (κ3) is 27.9. The van der Waals surface area contributed by atoms with Crippen LogP contribution in [0.4, 0.5) is 22.8 Å². The average Bonchev–Trinajstić information content (AvgIpc) is 1.80. The van der Waals surface area contributed by atoms with Crippen molar-refractivity contribution < 1.29 is 136 Å². The van der Waals surface area contributed by atoms with E-state index in [1.54, 1.807) is 27.6 Å². The Morgan fingerprint density at radius 2 is 0.733 bits per heavy atom. The van der Waals surface area contributed by atoms with Gasteiger partial charge < -0.3 is 112 Å². The van der Waals surface area contributed by atoms with E-state index in [9.17, 15) is 58.5 Å². The lowest BCUT2D eigenvalue weighted by molar-refractivity contribution is -0.310. The van der Waals surface area contributed by atoms with Gasteiger partial charge in [0.25, 0.3) is 0 Å². The maximum Gasteiger partial charge on any atom is 0.508 e. The minimum absolute atomic E-state index is 0. The molecular weight excluding hydrogens is 1730 g/mol. The fourth-order valence-corrected chi connectivity index (χ4v) is 14.8. The van der Waals surface area contributed by atoms with Gasteiger partial charge in [0, 0.05) is 84.2 Å². The standard InChI is InChI=1S/C49H53FN2O7.C23H31FN2O9.C21H29FN2O7.C2H3ClO2.CH4.H2/c1-34(2)52-35(3)41(27-40-25-26-43(53-4)42(50)28-40)48(51-52)59-49-47(57-32-39-23-15-8-16-24-39)46(56-31-38-21-13-7-14-22-38)45(55-30-37-19-11-6-12-20-37)44(58-49)33-54-29-36-17-9-5-10-18-36;1-11(2)26-12(3)14(8-13-6-7-16(31-4)15(24)9-13)21(25-26)35-22-20(29)19(28)18(27)17(34-22)10-33-23(30)32-5;1-10(2)24-11(3)13(7-12-5-6-15(29-4)14(22)8-12)20(23-24)31-21-19(28)18(27)17(26)16(9-25)30-21;1-5-2(3)4;;/h5-26,28,34,44-47,49H,27,29-33H2,1-4H3;6-7,9,11,17-20,22,27-29H,8,10H2,1-5H3;5-6,8,10,16-19,21,25-28H,7,9H2,1-4H3;1H3;1H4;1H/t44-,45-,46+,47-,49+;17-,18-,19+,20-,22+;16-,17-,18+,19-,21+;;;/m111.../s1. The van der Waals surface area contributed by atoms with Gasteiger partial charge in [-0.2, -0.15) is 0 Å². The van der Waals surface area contributed by atoms with Gasteiger partial charge in [-0.25, -0.2) is 22.8 Å². The summed E-state index contributed by atoms with van der Waals surface area (Å²) in [5.41, 5.74) is 9.76. The highest BCUT2D eigenvalue weighted by Crippen LogP contribution is 2.39. The molecule has 131 heavy (non-hydrogen) atoms. The number of benzene rings is 7. The van der Waals surface area contributed by atoms with E-state index < -0.39 is 134 Å². The summed E-state index contributed by atoms with van der Waals surface area (Å²) in [5, 5.41) is 84.6. The number of carbonyl (C=O) groups excluding carboxylic acids is 2. The number of rotatable bonds is 34. The third-order valence-corrected chi connectivity index (χ3v) is 21.9. The smallest absolute Gasteiger partial charge is 0.494 e. The van der Waals surface area contributed by atoms with Gasteiger partial charge in [0.05, 0.1) is 75.2 Å². The summed E-state index contributed by atoms with van der Waals surface area (Å²) in [4.78, 5) is 20.6. The molecule has 35 heteroatoms. The molecule has 0 spiro atoms. The van der Waals surface area contributed by atoms with Crippen LogP contribution in [0.15, 0.2) is 176 Å². The number of aliphatic hydroxyl groups is 7. The largest absolute Gasteiger partial charge is 0.508 e. The predicted molar refractivity (Wildman–Crippen MR) is 477 cm³/mol. The Bertz CT molecular complexity index is 5180. The molecule has 7 N–H and O–H groups in total. The minimum Gasteiger partial charge on any atom is -0.494 e. The van der Waals surface area contributed by atoms with Gasteiger partial charge in [0.15, 0.2) is 34.7 Å². The number of methoxy groups -OCH3 is 5. The second-order valence-electron chi connectivity index (χ2n) is 31.8. The van der Waals surface area contributed by atoms with E-state index in [1.807, 2.05) is 181 Å². The lowest BCUT2D eigenvalue weighted by Crippen LogP contribution is -2.62. The van der Waals surface area contributed by atoms with Crippen LogP contribution in [-0.4, -0.2) is 224 Å². The molecule has 0 aliphatic carbocycles. The van der Waals surface area contributed by atoms with E-state index in [2.05, 4.69) is 45.1 Å². The maximum atomic E-state index is 15.0. The van der Waals surface area contributed by atoms with E-state index in [0.29, 0.717) is 54.4 Å². The minimum atomic E-state index is -1.65. The normalized spacial score (nSPS) is 21.6. The number of carbonyl (C=O) groups is 2. The first kappa shape index (κ1) is 104. The topological polar surface area (TPSA) is 377 Å². The maximum absolute atomic E-state index is 15.0. The summed E-state index contributed by atoms with van der Waals surface area (Å²) < 4.78 is 141. The molecule has 10 aromatic rings. The Kier molecular flexibility index (Phi) is 39.8. The van der Waals surface area contributed by atoms with Crippen LogP contribution in [0.25, 0.3) is 0 Å². The molecule has 3 fully saturated rings. The van der Waals surface area contributed by atoms with Crippen LogP contribution in [0.3, 0.4) is 0 Å². The fraction of sp³-hybridized carbons (Fsp3) is 0.448. The molecule has 3 aliphatic rings. The second-order valence-corrected chi connectivity index (χ2v) is 32.1. The van der Waals surface area contributed by atoms with Crippen molar-refractivity contribution in [3.8, 4) is 34.9 Å². The number of nitrogens with zero attached hydrogens (tertiary/aromatic N) is 6. The van der Waals surface area contributed by atoms with Gasteiger partial charge in [-0.1, -0.05) is 147 Å². The van der Waals surface area contributed by atoms with E-state index in [0.717, 1.165) is 57.6 Å². The molecule has 3 saturated heterocycles. The van der Waals surface area contributed by atoms with Crippen molar-refractivity contribution in [1.82, 2.24) is 29.3 Å². The zero-order valence-electron chi connectivity index (χ0n) is 74.9. The third-order valence-electron chi connectivity index (χ3n) is 21.7. The van der Waals surface area contributed by atoms with Gasteiger partial charge in [0.2, 0.25) is 36.5 Å². The first-order valence-electron chi connectivity index (χ1n) is 42.3. The Morgan fingerprint density at radius 3 is 1.06 bits per heavy atom. The van der Waals surface area contributed by atoms with Crippen LogP contribution in [-0.2, 0) is 93.1 Å². The summed E-state index contributed by atoms with van der Waals surface area (Å²) in [5.74, 6) is -0.407. The Labute approximate surface area is 766 Å². The summed E-state index contributed by atoms with van der Waals surface area (Å²) in [7, 11) is 6.56. The summed E-state index contributed by atoms with van der Waals surface area (Å²) >= 11 is 4.60. The number of hydrogen-bond acceptors (Lipinski definition) is 28. The van der Waals surface area contributed by atoms with Gasteiger partial charge in [-0.3, -0.25) is 14.0 Å². The summed E-state index contributed by atoms with van der Waals surface area (Å²) in [6, 6.07) is 54.2. The van der Waals surface area contributed by atoms with Crippen molar-refractivity contribution in [1.29, 1.82) is 0 Å². The van der Waals surface area contributed by atoms with Crippen LogP contribution >= 0.6 is 11.6 Å². The van der Waals surface area contributed by atoms with Gasteiger partial charge in [-0.05, 0) is 138 Å². The van der Waals surface area contributed by atoms with Crippen molar-refractivity contribution in [3.63, 3.8) is 0 Å². The molecule has 6 heterocycles. The summed E-state index contributed by atoms with van der Waals surface area (Å²) in [6.07, 6.45) is -18.4. The molecule has 3 aromatic heterocycles.